The highest BCUT2D eigenvalue weighted by Crippen LogP contribution is 1.93. The lowest BCUT2D eigenvalue weighted by Gasteiger charge is -1.95. The fourth-order valence-electron chi connectivity index (χ4n) is 1.23. The summed E-state index contributed by atoms with van der Waals surface area (Å²) in [5.41, 5.74) is 1.68. The molecule has 1 nitrogen and oxygen atoms in total. The van der Waals surface area contributed by atoms with Gasteiger partial charge < -0.3 is 0 Å². The molecular formula is C13H14O. The molecule has 0 aliphatic heterocycles. The minimum atomic E-state index is 0.0665. The Morgan fingerprint density at radius 2 is 2.00 bits per heavy atom. The van der Waals surface area contributed by atoms with Crippen molar-refractivity contribution in [3.05, 3.63) is 46.4 Å². The molecule has 0 bridgehead atoms. The third kappa shape index (κ3) is 2.43. The van der Waals surface area contributed by atoms with Crippen molar-refractivity contribution in [1.82, 2.24) is 0 Å². The predicted octanol–water partition coefficient (Wildman–Crippen LogP) is 1.66. The summed E-state index contributed by atoms with van der Waals surface area (Å²) in [5, 5.41) is 1.88. The molecule has 0 atom stereocenters. The van der Waals surface area contributed by atoms with Crippen molar-refractivity contribution in [2.24, 2.45) is 0 Å². The van der Waals surface area contributed by atoms with Gasteiger partial charge in [0.15, 0.2) is 5.78 Å². The fourth-order valence-corrected chi connectivity index (χ4v) is 1.23. The summed E-state index contributed by atoms with van der Waals surface area (Å²) < 4.78 is 0. The number of allylic oxidation sites excluding steroid dienone is 1. The molecule has 0 radical (unpaired) electrons. The van der Waals surface area contributed by atoms with Gasteiger partial charge in [0.05, 0.1) is 0 Å². The summed E-state index contributed by atoms with van der Waals surface area (Å²) >= 11 is 0. The van der Waals surface area contributed by atoms with Gasteiger partial charge >= 0.3 is 0 Å². The second kappa shape index (κ2) is 4.05. The number of benzene rings is 1. The molecule has 0 saturated heterocycles. The Kier molecular flexibility index (Phi) is 3.03. The van der Waals surface area contributed by atoms with Gasteiger partial charge in [-0.2, -0.15) is 0 Å². The van der Waals surface area contributed by atoms with E-state index in [-0.39, 0.29) is 5.78 Å². The van der Waals surface area contributed by atoms with Crippen LogP contribution in [0.4, 0.5) is 0 Å². The van der Waals surface area contributed by atoms with Crippen molar-refractivity contribution < 1.29 is 4.79 Å². The largest absolute Gasteiger partial charge is 0.295 e. The number of rotatable bonds is 2. The third-order valence-corrected chi connectivity index (χ3v) is 1.95. The highest BCUT2D eigenvalue weighted by molar-refractivity contribution is 5.93. The Bertz CT molecular complexity index is 480. The minimum Gasteiger partial charge on any atom is -0.295 e. The van der Waals surface area contributed by atoms with Crippen LogP contribution in [0.25, 0.3) is 12.7 Å². The normalized spacial score (nSPS) is 11.4. The Morgan fingerprint density at radius 3 is 2.43 bits per heavy atom. The van der Waals surface area contributed by atoms with Crippen molar-refractivity contribution in [1.29, 1.82) is 0 Å². The molecule has 1 aromatic rings. The van der Waals surface area contributed by atoms with Gasteiger partial charge in [0.1, 0.15) is 0 Å². The first kappa shape index (κ1) is 10.5. The number of ketones is 1. The fraction of sp³-hybridized carbons (Fsp3) is 0.154. The highest BCUT2D eigenvalue weighted by Gasteiger charge is 1.96. The van der Waals surface area contributed by atoms with Gasteiger partial charge in [0.25, 0.3) is 0 Å². The molecule has 14 heavy (non-hydrogen) atoms. The van der Waals surface area contributed by atoms with Crippen LogP contribution in [0.15, 0.2) is 30.4 Å². The van der Waals surface area contributed by atoms with Gasteiger partial charge in [-0.25, -0.2) is 0 Å². The zero-order chi connectivity index (χ0) is 10.7. The van der Waals surface area contributed by atoms with E-state index in [1.165, 1.54) is 0 Å². The van der Waals surface area contributed by atoms with Gasteiger partial charge in [0, 0.05) is 5.56 Å². The molecule has 0 heterocycles. The lowest BCUT2D eigenvalue weighted by atomic mass is 10.1. The highest BCUT2D eigenvalue weighted by atomic mass is 16.1. The molecule has 72 valence electrons. The smallest absolute Gasteiger partial charge is 0.159 e. The molecule has 0 aliphatic carbocycles. The monoisotopic (exact) mass is 186 g/mol. The second-order valence-corrected chi connectivity index (χ2v) is 3.46. The molecule has 0 spiro atoms. The summed E-state index contributed by atoms with van der Waals surface area (Å²) in [6.45, 7) is 11.2. The summed E-state index contributed by atoms with van der Waals surface area (Å²) in [6.07, 6.45) is 1.95. The summed E-state index contributed by atoms with van der Waals surface area (Å²) in [5.74, 6) is 0.0665. The Balaban J connectivity index is 3.35. The Hall–Kier alpha value is -1.63. The van der Waals surface area contributed by atoms with Crippen molar-refractivity contribution in [3.8, 4) is 0 Å². The molecule has 1 heteroatoms. The molecular weight excluding hydrogens is 172 g/mol. The van der Waals surface area contributed by atoms with Crippen LogP contribution in [0.2, 0.25) is 0 Å². The molecule has 0 saturated carbocycles. The Labute approximate surface area is 84.1 Å². The third-order valence-electron chi connectivity index (χ3n) is 1.95. The van der Waals surface area contributed by atoms with Crippen LogP contribution in [0.1, 0.15) is 24.2 Å². The molecule has 1 aromatic carbocycles. The molecule has 0 fully saturated rings. The molecule has 0 N–H and O–H groups in total. The SMILES string of the molecule is C=C(C)/C=c1/ccc(C(C)=O)cc1=C. The number of Topliss-reactive ketones (excluding diaryl/α,β-unsaturated/α-hetero) is 1. The van der Waals surface area contributed by atoms with Crippen molar-refractivity contribution in [2.75, 3.05) is 0 Å². The molecule has 1 rings (SSSR count). The molecule has 0 aliphatic rings. The van der Waals surface area contributed by atoms with Gasteiger partial charge in [0.2, 0.25) is 0 Å². The van der Waals surface area contributed by atoms with Crippen LogP contribution in [-0.4, -0.2) is 5.78 Å². The van der Waals surface area contributed by atoms with E-state index in [0.29, 0.717) is 5.56 Å². The maximum absolute atomic E-state index is 11.1. The van der Waals surface area contributed by atoms with E-state index in [9.17, 15) is 4.79 Å². The van der Waals surface area contributed by atoms with E-state index in [4.69, 9.17) is 0 Å². The summed E-state index contributed by atoms with van der Waals surface area (Å²) in [6, 6.07) is 5.51. The number of hydrogen-bond donors (Lipinski definition) is 0. The topological polar surface area (TPSA) is 17.1 Å². The standard InChI is InChI=1S/C13H14O/c1-9(2)7-12-5-6-13(11(4)14)8-10(12)3/h5-8H,1,3H2,2,4H3/b12-7-. The summed E-state index contributed by atoms with van der Waals surface area (Å²) in [4.78, 5) is 11.1. The Morgan fingerprint density at radius 1 is 1.36 bits per heavy atom. The van der Waals surface area contributed by atoms with E-state index < -0.39 is 0 Å². The first-order valence-corrected chi connectivity index (χ1v) is 4.48. The van der Waals surface area contributed by atoms with Crippen LogP contribution >= 0.6 is 0 Å². The van der Waals surface area contributed by atoms with Gasteiger partial charge in [-0.05, 0) is 30.4 Å². The second-order valence-electron chi connectivity index (χ2n) is 3.46. The lowest BCUT2D eigenvalue weighted by Crippen LogP contribution is -2.23. The maximum atomic E-state index is 11.1. The van der Waals surface area contributed by atoms with Gasteiger partial charge in [-0.15, -0.1) is 0 Å². The van der Waals surface area contributed by atoms with E-state index in [2.05, 4.69) is 13.2 Å². The van der Waals surface area contributed by atoms with Crippen molar-refractivity contribution in [3.63, 3.8) is 0 Å². The van der Waals surface area contributed by atoms with Gasteiger partial charge in [-0.3, -0.25) is 4.79 Å². The zero-order valence-corrected chi connectivity index (χ0v) is 8.63. The van der Waals surface area contributed by atoms with Crippen molar-refractivity contribution in [2.45, 2.75) is 13.8 Å². The van der Waals surface area contributed by atoms with Crippen LogP contribution in [0.3, 0.4) is 0 Å². The lowest BCUT2D eigenvalue weighted by molar-refractivity contribution is 0.101. The zero-order valence-electron chi connectivity index (χ0n) is 8.63. The van der Waals surface area contributed by atoms with E-state index in [1.54, 1.807) is 13.0 Å². The maximum Gasteiger partial charge on any atom is 0.159 e. The number of carbonyl (C=O) groups is 1. The molecule has 0 unspecified atom stereocenters. The van der Waals surface area contributed by atoms with Crippen LogP contribution in [0.5, 0.6) is 0 Å². The van der Waals surface area contributed by atoms with E-state index in [1.807, 2.05) is 25.1 Å². The van der Waals surface area contributed by atoms with E-state index >= 15 is 0 Å². The molecule has 0 amide bonds. The van der Waals surface area contributed by atoms with Crippen LogP contribution in [-0.2, 0) is 0 Å². The number of carbonyl (C=O) groups excluding carboxylic acids is 1. The first-order valence-electron chi connectivity index (χ1n) is 4.48. The average Bonchev–Trinajstić information content (AvgIpc) is 2.07. The van der Waals surface area contributed by atoms with Crippen LogP contribution < -0.4 is 10.4 Å². The van der Waals surface area contributed by atoms with E-state index in [0.717, 1.165) is 16.0 Å². The average molecular weight is 186 g/mol. The minimum absolute atomic E-state index is 0.0665. The predicted molar refractivity (Wildman–Crippen MR) is 60.5 cm³/mol. The summed E-state index contributed by atoms with van der Waals surface area (Å²) in [7, 11) is 0. The van der Waals surface area contributed by atoms with Crippen LogP contribution in [0, 0.1) is 0 Å². The van der Waals surface area contributed by atoms with Gasteiger partial charge in [-0.1, -0.05) is 36.9 Å². The molecule has 0 aromatic heterocycles. The number of hydrogen-bond acceptors (Lipinski definition) is 1. The van der Waals surface area contributed by atoms with Crippen molar-refractivity contribution >= 4 is 18.4 Å². The quantitative estimate of drug-likeness (QED) is 0.642. The first-order chi connectivity index (χ1) is 6.50.